The summed E-state index contributed by atoms with van der Waals surface area (Å²) >= 11 is 1.51. The molecule has 0 radical (unpaired) electrons. The molecule has 2 aromatic carbocycles. The Morgan fingerprint density at radius 2 is 1.76 bits per heavy atom. The van der Waals surface area contributed by atoms with Gasteiger partial charge in [-0.15, -0.1) is 11.8 Å². The molecule has 1 heterocycles. The Kier molecular flexibility index (Phi) is 6.19. The average molecular weight is 413 g/mol. The Balaban J connectivity index is 1.61. The second-order valence-electron chi connectivity index (χ2n) is 7.68. The highest BCUT2D eigenvalue weighted by molar-refractivity contribution is 7.99. The highest BCUT2D eigenvalue weighted by atomic mass is 32.2. The lowest BCUT2D eigenvalue weighted by Crippen LogP contribution is -2.50. The van der Waals surface area contributed by atoms with Crippen molar-refractivity contribution in [1.29, 1.82) is 0 Å². The summed E-state index contributed by atoms with van der Waals surface area (Å²) < 4.78 is 13.8. The zero-order chi connectivity index (χ0) is 20.2. The van der Waals surface area contributed by atoms with E-state index in [0.29, 0.717) is 16.9 Å². The lowest BCUT2D eigenvalue weighted by Gasteiger charge is -2.31. The van der Waals surface area contributed by atoms with E-state index >= 15 is 0 Å². The van der Waals surface area contributed by atoms with Crippen molar-refractivity contribution in [2.75, 3.05) is 5.75 Å². The fraction of sp³-hybridized carbons (Fsp3) is 0.391. The van der Waals surface area contributed by atoms with E-state index < -0.39 is 6.04 Å². The smallest absolute Gasteiger partial charge is 0.255 e. The Morgan fingerprint density at radius 3 is 2.48 bits per heavy atom. The van der Waals surface area contributed by atoms with Crippen molar-refractivity contribution in [1.82, 2.24) is 10.2 Å². The van der Waals surface area contributed by atoms with Gasteiger partial charge in [0.1, 0.15) is 17.2 Å². The van der Waals surface area contributed by atoms with Gasteiger partial charge < -0.3 is 10.2 Å². The van der Waals surface area contributed by atoms with Crippen LogP contribution in [0.2, 0.25) is 0 Å². The quantitative estimate of drug-likeness (QED) is 0.803. The zero-order valence-electron chi connectivity index (χ0n) is 16.2. The van der Waals surface area contributed by atoms with E-state index in [-0.39, 0.29) is 29.0 Å². The summed E-state index contributed by atoms with van der Waals surface area (Å²) in [4.78, 5) is 28.1. The van der Waals surface area contributed by atoms with Gasteiger partial charge in [-0.05, 0) is 42.7 Å². The van der Waals surface area contributed by atoms with Crippen molar-refractivity contribution in [2.45, 2.75) is 49.6 Å². The molecule has 1 N–H and O–H groups in total. The van der Waals surface area contributed by atoms with Gasteiger partial charge in [-0.1, -0.05) is 49.6 Å². The molecule has 2 atom stereocenters. The van der Waals surface area contributed by atoms with Gasteiger partial charge >= 0.3 is 0 Å². The average Bonchev–Trinajstić information content (AvgIpc) is 3.20. The van der Waals surface area contributed by atoms with Crippen LogP contribution in [0.1, 0.15) is 53.4 Å². The molecule has 29 heavy (non-hydrogen) atoms. The largest absolute Gasteiger partial charge is 0.352 e. The minimum Gasteiger partial charge on any atom is -0.352 e. The second kappa shape index (κ2) is 8.99. The van der Waals surface area contributed by atoms with Crippen molar-refractivity contribution in [3.63, 3.8) is 0 Å². The van der Waals surface area contributed by atoms with Gasteiger partial charge in [0, 0.05) is 17.4 Å². The van der Waals surface area contributed by atoms with Gasteiger partial charge in [-0.2, -0.15) is 0 Å². The molecule has 4 nitrogen and oxygen atoms in total. The Labute approximate surface area is 174 Å². The molecule has 1 aliphatic carbocycles. The van der Waals surface area contributed by atoms with Crippen LogP contribution in [0.3, 0.4) is 0 Å². The van der Waals surface area contributed by atoms with Gasteiger partial charge in [0.05, 0.1) is 0 Å². The molecule has 152 valence electrons. The monoisotopic (exact) mass is 412 g/mol. The van der Waals surface area contributed by atoms with Crippen LogP contribution in [0, 0.1) is 5.82 Å². The van der Waals surface area contributed by atoms with Crippen LogP contribution in [0.5, 0.6) is 0 Å². The Morgan fingerprint density at radius 1 is 1.00 bits per heavy atom. The van der Waals surface area contributed by atoms with Crippen molar-refractivity contribution < 1.29 is 14.0 Å². The molecule has 6 heteroatoms. The van der Waals surface area contributed by atoms with Gasteiger partial charge in [0.25, 0.3) is 5.91 Å². The number of carbonyl (C=O) groups excluding carboxylic acids is 2. The second-order valence-corrected chi connectivity index (χ2v) is 8.79. The first-order valence-electron chi connectivity index (χ1n) is 10.2. The fourth-order valence-electron chi connectivity index (χ4n) is 4.15. The van der Waals surface area contributed by atoms with Crippen LogP contribution in [0.25, 0.3) is 0 Å². The summed E-state index contributed by atoms with van der Waals surface area (Å²) in [6.07, 6.45) is 5.45. The SMILES string of the molecule is O=C(NC1CCCCC1)C1CSC(c2cccc(F)c2)N1C(=O)c1ccccc1. The minimum atomic E-state index is -0.567. The van der Waals surface area contributed by atoms with E-state index in [2.05, 4.69) is 5.32 Å². The third-order valence-electron chi connectivity index (χ3n) is 5.64. The molecule has 1 saturated carbocycles. The summed E-state index contributed by atoms with van der Waals surface area (Å²) in [5, 5.41) is 2.77. The maximum Gasteiger partial charge on any atom is 0.255 e. The standard InChI is InChI=1S/C23H25FN2O2S/c24-18-11-7-10-17(14-18)23-26(22(28)16-8-3-1-4-9-16)20(15-29-23)21(27)25-19-12-5-2-6-13-19/h1,3-4,7-11,14,19-20,23H,2,5-6,12-13,15H2,(H,25,27). The molecular formula is C23H25FN2O2S. The molecule has 4 rings (SSSR count). The first kappa shape index (κ1) is 20.0. The van der Waals surface area contributed by atoms with Gasteiger partial charge in [0.2, 0.25) is 5.91 Å². The lowest BCUT2D eigenvalue weighted by atomic mass is 9.95. The number of halogens is 1. The van der Waals surface area contributed by atoms with Gasteiger partial charge in [-0.3, -0.25) is 9.59 Å². The van der Waals surface area contributed by atoms with Crippen molar-refractivity contribution >= 4 is 23.6 Å². The first-order chi connectivity index (χ1) is 14.1. The van der Waals surface area contributed by atoms with Crippen molar-refractivity contribution in [2.24, 2.45) is 0 Å². The fourth-order valence-corrected chi connectivity index (χ4v) is 5.57. The predicted molar refractivity (Wildman–Crippen MR) is 113 cm³/mol. The number of benzene rings is 2. The van der Waals surface area contributed by atoms with Gasteiger partial charge in [0.15, 0.2) is 0 Å². The van der Waals surface area contributed by atoms with E-state index in [9.17, 15) is 14.0 Å². The molecule has 2 aromatic rings. The summed E-state index contributed by atoms with van der Waals surface area (Å²) in [6, 6.07) is 14.9. The zero-order valence-corrected chi connectivity index (χ0v) is 17.0. The number of hydrogen-bond acceptors (Lipinski definition) is 3. The van der Waals surface area contributed by atoms with Crippen LogP contribution in [-0.2, 0) is 4.79 Å². The minimum absolute atomic E-state index is 0.104. The highest BCUT2D eigenvalue weighted by Crippen LogP contribution is 2.42. The van der Waals surface area contributed by atoms with E-state index in [1.807, 2.05) is 24.3 Å². The van der Waals surface area contributed by atoms with Crippen LogP contribution in [0.4, 0.5) is 4.39 Å². The summed E-state index contributed by atoms with van der Waals surface area (Å²) in [7, 11) is 0. The maximum atomic E-state index is 13.8. The van der Waals surface area contributed by atoms with Crippen LogP contribution < -0.4 is 5.32 Å². The van der Waals surface area contributed by atoms with Crippen molar-refractivity contribution in [3.8, 4) is 0 Å². The van der Waals surface area contributed by atoms with Crippen LogP contribution >= 0.6 is 11.8 Å². The molecule has 2 amide bonds. The van der Waals surface area contributed by atoms with E-state index in [1.54, 1.807) is 23.1 Å². The van der Waals surface area contributed by atoms with Gasteiger partial charge in [-0.25, -0.2) is 4.39 Å². The normalized spacial score (nSPS) is 22.4. The first-order valence-corrected chi connectivity index (χ1v) is 11.2. The summed E-state index contributed by atoms with van der Waals surface area (Å²) in [5.74, 6) is -0.148. The number of nitrogens with zero attached hydrogens (tertiary/aromatic N) is 1. The Hall–Kier alpha value is -2.34. The number of nitrogens with one attached hydrogen (secondary N) is 1. The molecule has 2 aliphatic rings. The van der Waals surface area contributed by atoms with E-state index in [4.69, 9.17) is 0 Å². The highest BCUT2D eigenvalue weighted by Gasteiger charge is 2.43. The third kappa shape index (κ3) is 4.47. The number of rotatable bonds is 4. The molecular weight excluding hydrogens is 387 g/mol. The number of carbonyl (C=O) groups is 2. The predicted octanol–water partition coefficient (Wildman–Crippen LogP) is 4.53. The molecule has 1 saturated heterocycles. The van der Waals surface area contributed by atoms with Crippen LogP contribution in [-0.4, -0.2) is 34.6 Å². The Bertz CT molecular complexity index is 870. The molecule has 0 spiro atoms. The number of amides is 2. The van der Waals surface area contributed by atoms with E-state index in [1.165, 1.54) is 30.3 Å². The molecule has 1 aliphatic heterocycles. The summed E-state index contributed by atoms with van der Waals surface area (Å²) in [5.41, 5.74) is 1.24. The van der Waals surface area contributed by atoms with Crippen LogP contribution in [0.15, 0.2) is 54.6 Å². The summed E-state index contributed by atoms with van der Waals surface area (Å²) in [6.45, 7) is 0. The molecule has 0 aromatic heterocycles. The molecule has 0 bridgehead atoms. The topological polar surface area (TPSA) is 49.4 Å². The maximum absolute atomic E-state index is 13.8. The molecule has 2 fully saturated rings. The third-order valence-corrected chi connectivity index (χ3v) is 6.97. The van der Waals surface area contributed by atoms with Crippen molar-refractivity contribution in [3.05, 3.63) is 71.5 Å². The lowest BCUT2D eigenvalue weighted by molar-refractivity contribution is -0.125. The van der Waals surface area contributed by atoms with E-state index in [0.717, 1.165) is 25.7 Å². The number of thioether (sulfide) groups is 1. The molecule has 2 unspecified atom stereocenters. The number of hydrogen-bond donors (Lipinski definition) is 1.